The monoisotopic (exact) mass is 266 g/mol. The Bertz CT molecular complexity index is 254. The lowest BCUT2D eigenvalue weighted by molar-refractivity contribution is 0.0467. The molecule has 0 bridgehead atoms. The van der Waals surface area contributed by atoms with Crippen LogP contribution in [-0.2, 0) is 0 Å². The van der Waals surface area contributed by atoms with Crippen molar-refractivity contribution in [1.82, 2.24) is 10.2 Å². The SMILES string of the molecule is CCC(C1CCCCC1)N1CCNC(CC)(CC)C1. The summed E-state index contributed by atoms with van der Waals surface area (Å²) in [5.74, 6) is 0.975. The summed E-state index contributed by atoms with van der Waals surface area (Å²) in [6.07, 6.45) is 11.3. The van der Waals surface area contributed by atoms with E-state index in [0.717, 1.165) is 12.0 Å². The maximum atomic E-state index is 3.80. The van der Waals surface area contributed by atoms with Gasteiger partial charge >= 0.3 is 0 Å². The van der Waals surface area contributed by atoms with E-state index in [-0.39, 0.29) is 0 Å². The van der Waals surface area contributed by atoms with E-state index in [4.69, 9.17) is 0 Å². The Labute approximate surface area is 120 Å². The highest BCUT2D eigenvalue weighted by Gasteiger charge is 2.36. The van der Waals surface area contributed by atoms with E-state index in [0.29, 0.717) is 5.54 Å². The van der Waals surface area contributed by atoms with Crippen LogP contribution in [0.1, 0.15) is 72.1 Å². The van der Waals surface area contributed by atoms with Gasteiger partial charge < -0.3 is 5.32 Å². The number of nitrogens with one attached hydrogen (secondary N) is 1. The molecule has 1 aliphatic heterocycles. The van der Waals surface area contributed by atoms with Crippen molar-refractivity contribution < 1.29 is 0 Å². The summed E-state index contributed by atoms with van der Waals surface area (Å²) in [6, 6.07) is 0.847. The fourth-order valence-corrected chi connectivity index (χ4v) is 4.40. The number of hydrogen-bond donors (Lipinski definition) is 1. The van der Waals surface area contributed by atoms with Crippen LogP contribution in [0.2, 0.25) is 0 Å². The summed E-state index contributed by atoms with van der Waals surface area (Å²) in [7, 11) is 0. The Kier molecular flexibility index (Phi) is 5.70. The molecule has 2 nitrogen and oxygen atoms in total. The van der Waals surface area contributed by atoms with Crippen molar-refractivity contribution in [3.8, 4) is 0 Å². The first-order chi connectivity index (χ1) is 9.24. The Balaban J connectivity index is 2.01. The molecule has 2 rings (SSSR count). The topological polar surface area (TPSA) is 15.3 Å². The van der Waals surface area contributed by atoms with Crippen molar-refractivity contribution in [1.29, 1.82) is 0 Å². The molecule has 0 spiro atoms. The first kappa shape index (κ1) is 15.3. The van der Waals surface area contributed by atoms with Crippen LogP contribution in [-0.4, -0.2) is 36.1 Å². The van der Waals surface area contributed by atoms with Gasteiger partial charge in [0.05, 0.1) is 0 Å². The molecule has 112 valence electrons. The molecule has 0 amide bonds. The Morgan fingerprint density at radius 2 is 1.79 bits per heavy atom. The zero-order chi connectivity index (χ0) is 13.7. The van der Waals surface area contributed by atoms with Crippen molar-refractivity contribution in [3.63, 3.8) is 0 Å². The van der Waals surface area contributed by atoms with Gasteiger partial charge in [0.1, 0.15) is 0 Å². The van der Waals surface area contributed by atoms with E-state index in [1.54, 1.807) is 0 Å². The van der Waals surface area contributed by atoms with E-state index in [9.17, 15) is 0 Å². The molecule has 0 aromatic carbocycles. The molecule has 0 radical (unpaired) electrons. The second kappa shape index (κ2) is 7.08. The van der Waals surface area contributed by atoms with Crippen molar-refractivity contribution >= 4 is 0 Å². The molecule has 1 heterocycles. The van der Waals surface area contributed by atoms with E-state index in [1.165, 1.54) is 71.0 Å². The summed E-state index contributed by atoms with van der Waals surface area (Å²) in [5.41, 5.74) is 0.389. The van der Waals surface area contributed by atoms with Gasteiger partial charge in [0.15, 0.2) is 0 Å². The van der Waals surface area contributed by atoms with Crippen LogP contribution < -0.4 is 5.32 Å². The molecule has 0 aromatic heterocycles. The van der Waals surface area contributed by atoms with Crippen LogP contribution in [0, 0.1) is 5.92 Å². The third-order valence-electron chi connectivity index (χ3n) is 5.84. The lowest BCUT2D eigenvalue weighted by Gasteiger charge is -2.48. The predicted molar refractivity (Wildman–Crippen MR) is 83.5 cm³/mol. The Morgan fingerprint density at radius 1 is 1.11 bits per heavy atom. The Morgan fingerprint density at radius 3 is 2.37 bits per heavy atom. The average Bonchev–Trinajstić information content (AvgIpc) is 2.49. The molecule has 19 heavy (non-hydrogen) atoms. The maximum absolute atomic E-state index is 3.80. The minimum absolute atomic E-state index is 0.389. The predicted octanol–water partition coefficient (Wildman–Crippen LogP) is 3.81. The molecule has 1 saturated heterocycles. The van der Waals surface area contributed by atoms with Crippen molar-refractivity contribution in [2.45, 2.75) is 83.7 Å². The second-order valence-corrected chi connectivity index (χ2v) is 6.76. The largest absolute Gasteiger partial charge is 0.309 e. The standard InChI is InChI=1S/C17H34N2/c1-4-16(15-10-8-7-9-11-15)19-13-12-18-17(5-2,6-3)14-19/h15-16,18H,4-14H2,1-3H3. The molecular formula is C17H34N2. The maximum Gasteiger partial charge on any atom is 0.0304 e. The summed E-state index contributed by atoms with van der Waals surface area (Å²) < 4.78 is 0. The van der Waals surface area contributed by atoms with E-state index in [1.807, 2.05) is 0 Å². The van der Waals surface area contributed by atoms with Crippen LogP contribution in [0.25, 0.3) is 0 Å². The lowest BCUT2D eigenvalue weighted by atomic mass is 9.80. The third kappa shape index (κ3) is 3.52. The number of piperazine rings is 1. The minimum Gasteiger partial charge on any atom is -0.309 e. The number of rotatable bonds is 5. The van der Waals surface area contributed by atoms with Crippen molar-refractivity contribution in [2.24, 2.45) is 5.92 Å². The van der Waals surface area contributed by atoms with Crippen molar-refractivity contribution in [3.05, 3.63) is 0 Å². The Hall–Kier alpha value is -0.0800. The number of hydrogen-bond acceptors (Lipinski definition) is 2. The number of nitrogens with zero attached hydrogens (tertiary/aromatic N) is 1. The third-order valence-corrected chi connectivity index (χ3v) is 5.84. The van der Waals surface area contributed by atoms with Gasteiger partial charge in [0.25, 0.3) is 0 Å². The molecule has 1 atom stereocenters. The van der Waals surface area contributed by atoms with Gasteiger partial charge in [-0.15, -0.1) is 0 Å². The first-order valence-corrected chi connectivity index (χ1v) is 8.73. The second-order valence-electron chi connectivity index (χ2n) is 6.76. The van der Waals surface area contributed by atoms with Crippen LogP contribution >= 0.6 is 0 Å². The van der Waals surface area contributed by atoms with Crippen molar-refractivity contribution in [2.75, 3.05) is 19.6 Å². The fraction of sp³-hybridized carbons (Fsp3) is 1.00. The summed E-state index contributed by atoms with van der Waals surface area (Å²) in [5, 5.41) is 3.80. The van der Waals surface area contributed by atoms with Crippen LogP contribution in [0.4, 0.5) is 0 Å². The zero-order valence-corrected chi connectivity index (χ0v) is 13.4. The average molecular weight is 266 g/mol. The minimum atomic E-state index is 0.389. The van der Waals surface area contributed by atoms with Gasteiger partial charge in [-0.3, -0.25) is 4.90 Å². The highest BCUT2D eigenvalue weighted by Crippen LogP contribution is 2.32. The quantitative estimate of drug-likeness (QED) is 0.814. The highest BCUT2D eigenvalue weighted by atomic mass is 15.2. The van der Waals surface area contributed by atoms with E-state index in [2.05, 4.69) is 31.0 Å². The van der Waals surface area contributed by atoms with Gasteiger partial charge in [0.2, 0.25) is 0 Å². The van der Waals surface area contributed by atoms with Crippen LogP contribution in [0.15, 0.2) is 0 Å². The van der Waals surface area contributed by atoms with Gasteiger partial charge in [-0.1, -0.05) is 40.0 Å². The molecule has 1 N–H and O–H groups in total. The smallest absolute Gasteiger partial charge is 0.0304 e. The molecule has 1 aliphatic carbocycles. The molecule has 2 heteroatoms. The zero-order valence-electron chi connectivity index (χ0n) is 13.4. The fourth-order valence-electron chi connectivity index (χ4n) is 4.40. The molecular weight excluding hydrogens is 232 g/mol. The van der Waals surface area contributed by atoms with E-state index < -0.39 is 0 Å². The summed E-state index contributed by atoms with van der Waals surface area (Å²) in [6.45, 7) is 10.8. The normalized spacial score (nSPS) is 27.3. The van der Waals surface area contributed by atoms with E-state index >= 15 is 0 Å². The van der Waals surface area contributed by atoms with Gasteiger partial charge in [-0.05, 0) is 38.0 Å². The first-order valence-electron chi connectivity index (χ1n) is 8.73. The lowest BCUT2D eigenvalue weighted by Crippen LogP contribution is -2.62. The molecule has 1 saturated carbocycles. The van der Waals surface area contributed by atoms with Crippen LogP contribution in [0.3, 0.4) is 0 Å². The van der Waals surface area contributed by atoms with Crippen LogP contribution in [0.5, 0.6) is 0 Å². The molecule has 2 fully saturated rings. The van der Waals surface area contributed by atoms with Gasteiger partial charge in [-0.25, -0.2) is 0 Å². The summed E-state index contributed by atoms with van der Waals surface area (Å²) >= 11 is 0. The van der Waals surface area contributed by atoms with Gasteiger partial charge in [0, 0.05) is 31.2 Å². The van der Waals surface area contributed by atoms with Gasteiger partial charge in [-0.2, -0.15) is 0 Å². The molecule has 2 aliphatic rings. The highest BCUT2D eigenvalue weighted by molar-refractivity contribution is 4.95. The summed E-state index contributed by atoms with van der Waals surface area (Å²) in [4.78, 5) is 2.83. The molecule has 0 aromatic rings. The molecule has 1 unspecified atom stereocenters.